The first-order chi connectivity index (χ1) is 10.1. The average molecular weight is 296 g/mol. The minimum absolute atomic E-state index is 0.315. The molecule has 1 rings (SSSR count). The number of nitrogens with one attached hydrogen (secondary N) is 2. The SMILES string of the molecule is CCNC(=NCCC(CC)N1CCCC1=O)NC(C)CC. The van der Waals surface area contributed by atoms with Crippen LogP contribution < -0.4 is 10.6 Å². The number of hydrogen-bond acceptors (Lipinski definition) is 2. The molecule has 0 aromatic heterocycles. The van der Waals surface area contributed by atoms with E-state index < -0.39 is 0 Å². The van der Waals surface area contributed by atoms with Crippen LogP contribution in [0.5, 0.6) is 0 Å². The van der Waals surface area contributed by atoms with Gasteiger partial charge in [0.25, 0.3) is 0 Å². The molecule has 0 aromatic carbocycles. The van der Waals surface area contributed by atoms with Crippen molar-refractivity contribution in [2.24, 2.45) is 4.99 Å². The molecule has 0 aliphatic carbocycles. The van der Waals surface area contributed by atoms with Crippen molar-refractivity contribution >= 4 is 11.9 Å². The zero-order chi connectivity index (χ0) is 15.7. The minimum atomic E-state index is 0.315. The van der Waals surface area contributed by atoms with E-state index in [0.717, 1.165) is 57.7 Å². The topological polar surface area (TPSA) is 56.7 Å². The third-order valence-electron chi connectivity index (χ3n) is 4.09. The fourth-order valence-electron chi connectivity index (χ4n) is 2.62. The number of nitrogens with zero attached hydrogens (tertiary/aromatic N) is 2. The Morgan fingerprint density at radius 1 is 1.33 bits per heavy atom. The molecule has 1 saturated heterocycles. The molecular weight excluding hydrogens is 264 g/mol. The molecule has 1 aliphatic heterocycles. The number of hydrogen-bond donors (Lipinski definition) is 2. The summed E-state index contributed by atoms with van der Waals surface area (Å²) in [7, 11) is 0. The molecular formula is C16H32N4O. The van der Waals surface area contributed by atoms with Crippen molar-refractivity contribution in [2.75, 3.05) is 19.6 Å². The number of carbonyl (C=O) groups excluding carboxylic acids is 1. The van der Waals surface area contributed by atoms with Crippen LogP contribution in [0.1, 0.15) is 59.8 Å². The van der Waals surface area contributed by atoms with Crippen molar-refractivity contribution < 1.29 is 4.79 Å². The summed E-state index contributed by atoms with van der Waals surface area (Å²) in [5, 5.41) is 6.67. The van der Waals surface area contributed by atoms with Crippen LogP contribution >= 0.6 is 0 Å². The fraction of sp³-hybridized carbons (Fsp3) is 0.875. The average Bonchev–Trinajstić information content (AvgIpc) is 2.89. The van der Waals surface area contributed by atoms with E-state index in [2.05, 4.69) is 43.3 Å². The Hall–Kier alpha value is -1.26. The van der Waals surface area contributed by atoms with Crippen molar-refractivity contribution in [3.8, 4) is 0 Å². The van der Waals surface area contributed by atoms with Crippen LogP contribution in [-0.2, 0) is 4.79 Å². The molecule has 5 heteroatoms. The zero-order valence-electron chi connectivity index (χ0n) is 14.1. The van der Waals surface area contributed by atoms with E-state index in [1.54, 1.807) is 0 Å². The smallest absolute Gasteiger partial charge is 0.222 e. The van der Waals surface area contributed by atoms with Crippen LogP contribution in [0, 0.1) is 0 Å². The molecule has 122 valence electrons. The van der Waals surface area contributed by atoms with Gasteiger partial charge in [0.2, 0.25) is 5.91 Å². The van der Waals surface area contributed by atoms with Gasteiger partial charge in [-0.05, 0) is 39.5 Å². The Kier molecular flexibility index (Phi) is 8.16. The van der Waals surface area contributed by atoms with Crippen LogP contribution in [0.2, 0.25) is 0 Å². The van der Waals surface area contributed by atoms with Gasteiger partial charge >= 0.3 is 0 Å². The summed E-state index contributed by atoms with van der Waals surface area (Å²) in [6, 6.07) is 0.764. The standard InChI is InChI=1S/C16H32N4O/c1-5-13(4)19-16(17-7-3)18-11-10-14(6-2)20-12-8-9-15(20)21/h13-14H,5-12H2,1-4H3,(H2,17,18,19). The molecule has 0 radical (unpaired) electrons. The predicted molar refractivity (Wildman–Crippen MR) is 88.5 cm³/mol. The van der Waals surface area contributed by atoms with Gasteiger partial charge in [-0.1, -0.05) is 13.8 Å². The summed E-state index contributed by atoms with van der Waals surface area (Å²) in [6.07, 6.45) is 4.76. The van der Waals surface area contributed by atoms with Crippen molar-refractivity contribution in [1.82, 2.24) is 15.5 Å². The highest BCUT2D eigenvalue weighted by Crippen LogP contribution is 2.17. The van der Waals surface area contributed by atoms with Gasteiger partial charge in [-0.2, -0.15) is 0 Å². The van der Waals surface area contributed by atoms with Gasteiger partial charge in [0.1, 0.15) is 0 Å². The van der Waals surface area contributed by atoms with Gasteiger partial charge in [0.05, 0.1) is 0 Å². The van der Waals surface area contributed by atoms with Crippen LogP contribution in [0.3, 0.4) is 0 Å². The number of likely N-dealkylation sites (tertiary alicyclic amines) is 1. The van der Waals surface area contributed by atoms with Gasteiger partial charge in [-0.3, -0.25) is 9.79 Å². The Labute approximate surface area is 129 Å². The van der Waals surface area contributed by atoms with Crippen LogP contribution in [0.15, 0.2) is 4.99 Å². The predicted octanol–water partition coefficient (Wildman–Crippen LogP) is 2.13. The highest BCUT2D eigenvalue weighted by atomic mass is 16.2. The Morgan fingerprint density at radius 3 is 2.62 bits per heavy atom. The van der Waals surface area contributed by atoms with E-state index in [1.807, 2.05) is 4.90 Å². The second-order valence-corrected chi connectivity index (χ2v) is 5.76. The zero-order valence-corrected chi connectivity index (χ0v) is 14.1. The van der Waals surface area contributed by atoms with Gasteiger partial charge in [-0.15, -0.1) is 0 Å². The van der Waals surface area contributed by atoms with Crippen LogP contribution in [0.25, 0.3) is 0 Å². The van der Waals surface area contributed by atoms with Gasteiger partial charge in [0, 0.05) is 38.1 Å². The lowest BCUT2D eigenvalue weighted by molar-refractivity contribution is -0.129. The van der Waals surface area contributed by atoms with Crippen molar-refractivity contribution in [2.45, 2.75) is 71.9 Å². The van der Waals surface area contributed by atoms with Gasteiger partial charge in [-0.25, -0.2) is 0 Å². The van der Waals surface area contributed by atoms with E-state index >= 15 is 0 Å². The quantitative estimate of drug-likeness (QED) is 0.533. The maximum atomic E-state index is 11.8. The number of aliphatic imine (C=N–C) groups is 1. The summed E-state index contributed by atoms with van der Waals surface area (Å²) in [4.78, 5) is 18.5. The highest BCUT2D eigenvalue weighted by Gasteiger charge is 2.26. The minimum Gasteiger partial charge on any atom is -0.357 e. The lowest BCUT2D eigenvalue weighted by Crippen LogP contribution is -2.42. The molecule has 0 aromatic rings. The lowest BCUT2D eigenvalue weighted by Gasteiger charge is -2.26. The normalized spacial score (nSPS) is 18.8. The van der Waals surface area contributed by atoms with E-state index in [1.165, 1.54) is 0 Å². The number of carbonyl (C=O) groups is 1. The molecule has 0 saturated carbocycles. The maximum absolute atomic E-state index is 11.8. The van der Waals surface area contributed by atoms with Crippen molar-refractivity contribution in [3.63, 3.8) is 0 Å². The van der Waals surface area contributed by atoms with Crippen molar-refractivity contribution in [1.29, 1.82) is 0 Å². The first-order valence-electron chi connectivity index (χ1n) is 8.46. The third kappa shape index (κ3) is 5.94. The highest BCUT2D eigenvalue weighted by molar-refractivity contribution is 5.80. The number of guanidine groups is 1. The van der Waals surface area contributed by atoms with Crippen LogP contribution in [0.4, 0.5) is 0 Å². The lowest BCUT2D eigenvalue weighted by atomic mass is 10.1. The molecule has 2 unspecified atom stereocenters. The second-order valence-electron chi connectivity index (χ2n) is 5.76. The molecule has 21 heavy (non-hydrogen) atoms. The third-order valence-corrected chi connectivity index (χ3v) is 4.09. The molecule has 1 amide bonds. The van der Waals surface area contributed by atoms with Crippen LogP contribution in [-0.4, -0.2) is 48.5 Å². The second kappa shape index (κ2) is 9.64. The van der Waals surface area contributed by atoms with E-state index in [9.17, 15) is 4.79 Å². The Balaban J connectivity index is 2.48. The maximum Gasteiger partial charge on any atom is 0.222 e. The monoisotopic (exact) mass is 296 g/mol. The molecule has 2 atom stereocenters. The summed E-state index contributed by atoms with van der Waals surface area (Å²) in [5.41, 5.74) is 0. The molecule has 5 nitrogen and oxygen atoms in total. The Morgan fingerprint density at radius 2 is 2.10 bits per heavy atom. The molecule has 2 N–H and O–H groups in total. The molecule has 0 bridgehead atoms. The summed E-state index contributed by atoms with van der Waals surface area (Å²) in [5.74, 6) is 1.20. The Bertz CT molecular complexity index is 343. The molecule has 1 aliphatic rings. The first-order valence-corrected chi connectivity index (χ1v) is 8.46. The van der Waals surface area contributed by atoms with E-state index in [4.69, 9.17) is 0 Å². The van der Waals surface area contributed by atoms with Gasteiger partial charge in [0.15, 0.2) is 5.96 Å². The summed E-state index contributed by atoms with van der Waals surface area (Å²) < 4.78 is 0. The van der Waals surface area contributed by atoms with Crippen molar-refractivity contribution in [3.05, 3.63) is 0 Å². The summed E-state index contributed by atoms with van der Waals surface area (Å²) >= 11 is 0. The first kappa shape index (κ1) is 17.8. The van der Waals surface area contributed by atoms with E-state index in [-0.39, 0.29) is 0 Å². The van der Waals surface area contributed by atoms with E-state index in [0.29, 0.717) is 18.0 Å². The van der Waals surface area contributed by atoms with Gasteiger partial charge < -0.3 is 15.5 Å². The number of amides is 1. The fourth-order valence-corrected chi connectivity index (χ4v) is 2.62. The molecule has 0 spiro atoms. The molecule has 1 heterocycles. The number of rotatable bonds is 8. The summed E-state index contributed by atoms with van der Waals surface area (Å²) in [6.45, 7) is 11.1. The molecule has 1 fully saturated rings. The largest absolute Gasteiger partial charge is 0.357 e.